The van der Waals surface area contributed by atoms with Gasteiger partial charge in [-0.2, -0.15) is 0 Å². The Labute approximate surface area is 94.8 Å². The molecule has 86 valence electrons. The third kappa shape index (κ3) is 2.89. The summed E-state index contributed by atoms with van der Waals surface area (Å²) in [5.74, 6) is 0.705. The highest BCUT2D eigenvalue weighted by Crippen LogP contribution is 2.10. The Morgan fingerprint density at radius 3 is 2.56 bits per heavy atom. The number of amides is 1. The molecule has 1 heterocycles. The lowest BCUT2D eigenvalue weighted by atomic mass is 10.3. The number of likely N-dealkylation sites (tertiary alicyclic amines) is 1. The zero-order valence-corrected chi connectivity index (χ0v) is 9.09. The lowest BCUT2D eigenvalue weighted by Crippen LogP contribution is -2.29. The van der Waals surface area contributed by atoms with E-state index in [4.69, 9.17) is 9.47 Å². The standard InChI is InChI=1S/C12H15NO3/c14-12(13-8-4-5-9-13)16-10-15-11-6-2-1-3-7-11/h1-3,6-7H,4-5,8-10H2. The molecule has 4 heteroatoms. The summed E-state index contributed by atoms with van der Waals surface area (Å²) >= 11 is 0. The fourth-order valence-corrected chi connectivity index (χ4v) is 1.66. The van der Waals surface area contributed by atoms with Crippen molar-refractivity contribution in [3.05, 3.63) is 30.3 Å². The van der Waals surface area contributed by atoms with E-state index in [1.165, 1.54) is 0 Å². The predicted molar refractivity (Wildman–Crippen MR) is 59.2 cm³/mol. The lowest BCUT2D eigenvalue weighted by Gasteiger charge is -2.15. The van der Waals surface area contributed by atoms with Gasteiger partial charge in [-0.25, -0.2) is 4.79 Å². The van der Waals surface area contributed by atoms with Crippen LogP contribution in [0.5, 0.6) is 5.75 Å². The number of ether oxygens (including phenoxy) is 2. The summed E-state index contributed by atoms with van der Waals surface area (Å²) in [7, 11) is 0. The van der Waals surface area contributed by atoms with Gasteiger partial charge in [0.15, 0.2) is 0 Å². The van der Waals surface area contributed by atoms with Crippen LogP contribution in [0.15, 0.2) is 30.3 Å². The first-order valence-corrected chi connectivity index (χ1v) is 5.46. The first kappa shape index (κ1) is 10.8. The molecule has 1 aliphatic rings. The number of rotatable bonds is 3. The summed E-state index contributed by atoms with van der Waals surface area (Å²) in [6.07, 6.45) is 1.84. The van der Waals surface area contributed by atoms with Gasteiger partial charge in [-0.05, 0) is 25.0 Å². The highest BCUT2D eigenvalue weighted by Gasteiger charge is 2.18. The van der Waals surface area contributed by atoms with Crippen LogP contribution in [0, 0.1) is 0 Å². The van der Waals surface area contributed by atoms with Gasteiger partial charge in [0, 0.05) is 13.1 Å². The van der Waals surface area contributed by atoms with E-state index >= 15 is 0 Å². The van der Waals surface area contributed by atoms with E-state index < -0.39 is 0 Å². The maximum absolute atomic E-state index is 11.5. The second-order valence-corrected chi connectivity index (χ2v) is 3.68. The average molecular weight is 221 g/mol. The Hall–Kier alpha value is -1.71. The monoisotopic (exact) mass is 221 g/mol. The van der Waals surface area contributed by atoms with Crippen molar-refractivity contribution in [1.82, 2.24) is 4.90 Å². The van der Waals surface area contributed by atoms with E-state index in [0.29, 0.717) is 5.75 Å². The molecule has 1 aromatic carbocycles. The summed E-state index contributed by atoms with van der Waals surface area (Å²) in [6, 6.07) is 9.30. The minimum absolute atomic E-state index is 0.0284. The number of hydrogen-bond acceptors (Lipinski definition) is 3. The summed E-state index contributed by atoms with van der Waals surface area (Å²) in [5, 5.41) is 0. The van der Waals surface area contributed by atoms with Gasteiger partial charge in [-0.1, -0.05) is 18.2 Å². The minimum Gasteiger partial charge on any atom is -0.457 e. The Balaban J connectivity index is 1.70. The molecule has 16 heavy (non-hydrogen) atoms. The van der Waals surface area contributed by atoms with Crippen molar-refractivity contribution in [2.75, 3.05) is 19.9 Å². The third-order valence-corrected chi connectivity index (χ3v) is 2.52. The topological polar surface area (TPSA) is 38.8 Å². The molecule has 1 amide bonds. The number of para-hydroxylation sites is 1. The predicted octanol–water partition coefficient (Wildman–Crippen LogP) is 2.26. The van der Waals surface area contributed by atoms with Gasteiger partial charge in [-0.3, -0.25) is 0 Å². The molecule has 1 aromatic rings. The molecule has 0 N–H and O–H groups in total. The lowest BCUT2D eigenvalue weighted by molar-refractivity contribution is 0.0391. The highest BCUT2D eigenvalue weighted by atomic mass is 16.7. The molecule has 0 aromatic heterocycles. The molecule has 4 nitrogen and oxygen atoms in total. The number of carbonyl (C=O) groups is 1. The average Bonchev–Trinajstić information content (AvgIpc) is 2.84. The van der Waals surface area contributed by atoms with Gasteiger partial charge in [0.05, 0.1) is 0 Å². The van der Waals surface area contributed by atoms with Crippen LogP contribution >= 0.6 is 0 Å². The summed E-state index contributed by atoms with van der Waals surface area (Å²) in [6.45, 7) is 1.56. The van der Waals surface area contributed by atoms with E-state index in [2.05, 4.69) is 0 Å². The number of carbonyl (C=O) groups excluding carboxylic acids is 1. The molecule has 1 saturated heterocycles. The Kier molecular flexibility index (Phi) is 3.64. The molecule has 1 fully saturated rings. The van der Waals surface area contributed by atoms with Crippen molar-refractivity contribution >= 4 is 6.09 Å². The third-order valence-electron chi connectivity index (χ3n) is 2.52. The van der Waals surface area contributed by atoms with Crippen molar-refractivity contribution in [2.45, 2.75) is 12.8 Å². The summed E-state index contributed by atoms with van der Waals surface area (Å²) < 4.78 is 10.3. The van der Waals surface area contributed by atoms with E-state index in [1.54, 1.807) is 4.90 Å². The maximum Gasteiger partial charge on any atom is 0.412 e. The van der Waals surface area contributed by atoms with Crippen LogP contribution < -0.4 is 4.74 Å². The van der Waals surface area contributed by atoms with Crippen molar-refractivity contribution in [1.29, 1.82) is 0 Å². The normalized spacial score (nSPS) is 14.9. The number of benzene rings is 1. The molecule has 0 spiro atoms. The Bertz CT molecular complexity index is 333. The van der Waals surface area contributed by atoms with Gasteiger partial charge < -0.3 is 14.4 Å². The van der Waals surface area contributed by atoms with Gasteiger partial charge in [0.25, 0.3) is 0 Å². The van der Waals surface area contributed by atoms with Crippen LogP contribution in [0.3, 0.4) is 0 Å². The molecular formula is C12H15NO3. The van der Waals surface area contributed by atoms with E-state index in [1.807, 2.05) is 30.3 Å². The zero-order chi connectivity index (χ0) is 11.2. The Morgan fingerprint density at radius 2 is 1.88 bits per heavy atom. The van der Waals surface area contributed by atoms with E-state index in [0.717, 1.165) is 25.9 Å². The number of nitrogens with zero attached hydrogens (tertiary/aromatic N) is 1. The molecule has 0 radical (unpaired) electrons. The molecular weight excluding hydrogens is 206 g/mol. The van der Waals surface area contributed by atoms with Crippen molar-refractivity contribution in [2.24, 2.45) is 0 Å². The molecule has 1 aliphatic heterocycles. The maximum atomic E-state index is 11.5. The van der Waals surface area contributed by atoms with Crippen molar-refractivity contribution in [3.8, 4) is 5.75 Å². The fraction of sp³-hybridized carbons (Fsp3) is 0.417. The van der Waals surface area contributed by atoms with Crippen LogP contribution in [-0.2, 0) is 4.74 Å². The molecule has 0 saturated carbocycles. The summed E-state index contributed by atoms with van der Waals surface area (Å²) in [5.41, 5.74) is 0. The quantitative estimate of drug-likeness (QED) is 0.735. The fourth-order valence-electron chi connectivity index (χ4n) is 1.66. The zero-order valence-electron chi connectivity index (χ0n) is 9.09. The number of hydrogen-bond donors (Lipinski definition) is 0. The smallest absolute Gasteiger partial charge is 0.412 e. The largest absolute Gasteiger partial charge is 0.457 e. The van der Waals surface area contributed by atoms with Crippen LogP contribution in [0.4, 0.5) is 4.79 Å². The Morgan fingerprint density at radius 1 is 1.19 bits per heavy atom. The SMILES string of the molecule is O=C(OCOc1ccccc1)N1CCCC1. The van der Waals surface area contributed by atoms with Crippen LogP contribution in [0.1, 0.15) is 12.8 Å². The van der Waals surface area contributed by atoms with Crippen molar-refractivity contribution < 1.29 is 14.3 Å². The van der Waals surface area contributed by atoms with Gasteiger partial charge in [0.1, 0.15) is 5.75 Å². The van der Waals surface area contributed by atoms with Gasteiger partial charge in [0.2, 0.25) is 6.79 Å². The second kappa shape index (κ2) is 5.39. The first-order valence-electron chi connectivity index (χ1n) is 5.46. The summed E-state index contributed by atoms with van der Waals surface area (Å²) in [4.78, 5) is 13.2. The second-order valence-electron chi connectivity index (χ2n) is 3.68. The van der Waals surface area contributed by atoms with Crippen LogP contribution in [-0.4, -0.2) is 30.9 Å². The van der Waals surface area contributed by atoms with Gasteiger partial charge >= 0.3 is 6.09 Å². The molecule has 0 unspecified atom stereocenters. The minimum atomic E-state index is -0.284. The van der Waals surface area contributed by atoms with Crippen LogP contribution in [0.25, 0.3) is 0 Å². The highest BCUT2D eigenvalue weighted by molar-refractivity contribution is 5.67. The molecule has 2 rings (SSSR count). The van der Waals surface area contributed by atoms with Crippen molar-refractivity contribution in [3.63, 3.8) is 0 Å². The van der Waals surface area contributed by atoms with Crippen LogP contribution in [0.2, 0.25) is 0 Å². The van der Waals surface area contributed by atoms with E-state index in [9.17, 15) is 4.79 Å². The van der Waals surface area contributed by atoms with E-state index in [-0.39, 0.29) is 12.9 Å². The molecule has 0 atom stereocenters. The molecule has 0 aliphatic carbocycles. The van der Waals surface area contributed by atoms with Gasteiger partial charge in [-0.15, -0.1) is 0 Å². The first-order chi connectivity index (χ1) is 7.86. The molecule has 0 bridgehead atoms.